The average molecular weight is 298 g/mol. The van der Waals surface area contributed by atoms with Crippen LogP contribution in [0.2, 0.25) is 5.02 Å². The predicted octanol–water partition coefficient (Wildman–Crippen LogP) is 4.08. The number of furan rings is 1. The minimum atomic E-state index is -0.675. The zero-order chi connectivity index (χ0) is 14.8. The summed E-state index contributed by atoms with van der Waals surface area (Å²) in [5.41, 5.74) is 0.101. The molecule has 0 fully saturated rings. The van der Waals surface area contributed by atoms with E-state index in [2.05, 4.69) is 0 Å². The number of fused-ring (bicyclic) bond motifs is 1. The fraction of sp³-hybridized carbons (Fsp3) is 0. The normalized spacial score (nSPS) is 11.0. The van der Waals surface area contributed by atoms with E-state index in [1.54, 1.807) is 48.7 Å². The lowest BCUT2D eigenvalue weighted by molar-refractivity contribution is 0.556. The van der Waals surface area contributed by atoms with Crippen molar-refractivity contribution in [2.24, 2.45) is 0 Å². The molecule has 0 aliphatic carbocycles. The number of nitriles is 1. The van der Waals surface area contributed by atoms with Crippen LogP contribution >= 0.6 is 11.6 Å². The molecule has 0 amide bonds. The summed E-state index contributed by atoms with van der Waals surface area (Å²) in [7, 11) is 0. The van der Waals surface area contributed by atoms with Crippen LogP contribution in [0, 0.1) is 11.3 Å². The molecule has 0 aliphatic heterocycles. The van der Waals surface area contributed by atoms with E-state index in [1.165, 1.54) is 0 Å². The molecule has 0 saturated carbocycles. The zero-order valence-electron chi connectivity index (χ0n) is 10.7. The van der Waals surface area contributed by atoms with Gasteiger partial charge in [-0.2, -0.15) is 5.26 Å². The van der Waals surface area contributed by atoms with Gasteiger partial charge in [0.15, 0.2) is 0 Å². The van der Waals surface area contributed by atoms with Gasteiger partial charge in [-0.25, -0.2) is 4.79 Å². The van der Waals surface area contributed by atoms with Crippen LogP contribution in [0.25, 0.3) is 23.1 Å². The van der Waals surface area contributed by atoms with E-state index in [4.69, 9.17) is 20.4 Å². The van der Waals surface area contributed by atoms with Gasteiger partial charge in [-0.1, -0.05) is 11.6 Å². The van der Waals surface area contributed by atoms with Crippen LogP contribution in [0.5, 0.6) is 0 Å². The van der Waals surface area contributed by atoms with Crippen LogP contribution in [-0.2, 0) is 0 Å². The first-order valence-corrected chi connectivity index (χ1v) is 6.45. The first kappa shape index (κ1) is 13.2. The van der Waals surface area contributed by atoms with Crippen LogP contribution in [0.15, 0.2) is 50.2 Å². The molecule has 102 valence electrons. The van der Waals surface area contributed by atoms with Crippen LogP contribution in [0.1, 0.15) is 16.9 Å². The third kappa shape index (κ3) is 2.47. The summed E-state index contributed by atoms with van der Waals surface area (Å²) in [5, 5.41) is 10.3. The molecule has 0 saturated heterocycles. The third-order valence-electron chi connectivity index (χ3n) is 2.98. The van der Waals surface area contributed by atoms with E-state index in [1.807, 2.05) is 6.07 Å². The van der Waals surface area contributed by atoms with Gasteiger partial charge in [0.05, 0.1) is 6.26 Å². The van der Waals surface area contributed by atoms with E-state index < -0.39 is 5.63 Å². The van der Waals surface area contributed by atoms with Gasteiger partial charge < -0.3 is 8.83 Å². The largest absolute Gasteiger partial charge is 0.465 e. The van der Waals surface area contributed by atoms with Crippen molar-refractivity contribution < 1.29 is 8.83 Å². The van der Waals surface area contributed by atoms with Crippen molar-refractivity contribution in [1.29, 1.82) is 5.26 Å². The molecule has 0 atom stereocenters. The highest BCUT2D eigenvalue weighted by atomic mass is 35.5. The van der Waals surface area contributed by atoms with Crippen LogP contribution < -0.4 is 5.63 Å². The molecule has 0 radical (unpaired) electrons. The number of hydrogen-bond acceptors (Lipinski definition) is 4. The van der Waals surface area contributed by atoms with Crippen molar-refractivity contribution in [2.75, 3.05) is 0 Å². The molecule has 0 spiro atoms. The average Bonchev–Trinajstić information content (AvgIpc) is 2.98. The van der Waals surface area contributed by atoms with Crippen molar-refractivity contribution in [3.05, 3.63) is 68.9 Å². The van der Waals surface area contributed by atoms with Gasteiger partial charge in [-0.15, -0.1) is 0 Å². The van der Waals surface area contributed by atoms with Crippen molar-refractivity contribution in [2.45, 2.75) is 0 Å². The van der Waals surface area contributed by atoms with Crippen molar-refractivity contribution in [3.8, 4) is 6.07 Å². The highest BCUT2D eigenvalue weighted by Gasteiger charge is 2.12. The molecule has 21 heavy (non-hydrogen) atoms. The Bertz CT molecular complexity index is 931. The molecule has 2 aromatic heterocycles. The van der Waals surface area contributed by atoms with Crippen LogP contribution in [0.3, 0.4) is 0 Å². The Morgan fingerprint density at radius 1 is 1.24 bits per heavy atom. The second kappa shape index (κ2) is 5.31. The molecule has 3 aromatic rings. The maximum Gasteiger partial charge on any atom is 0.354 e. The van der Waals surface area contributed by atoms with E-state index in [0.29, 0.717) is 27.3 Å². The molecule has 0 bridgehead atoms. The van der Waals surface area contributed by atoms with E-state index in [-0.39, 0.29) is 5.56 Å². The lowest BCUT2D eigenvalue weighted by atomic mass is 10.0. The molecule has 0 aliphatic rings. The number of rotatable bonds is 2. The Labute approximate surface area is 124 Å². The van der Waals surface area contributed by atoms with Crippen molar-refractivity contribution >= 4 is 34.7 Å². The molecular formula is C16H8ClNO3. The standard InChI is InChI=1S/C16H8ClNO3/c17-10-3-6-15-13(8-10)12(14(9-18)16(19)21-15)5-4-11-2-1-7-20-11/h1-8H/b5-4+. The van der Waals surface area contributed by atoms with Crippen molar-refractivity contribution in [3.63, 3.8) is 0 Å². The second-order valence-corrected chi connectivity index (χ2v) is 4.72. The Morgan fingerprint density at radius 2 is 2.10 bits per heavy atom. The molecule has 5 heteroatoms. The maximum atomic E-state index is 11.9. The van der Waals surface area contributed by atoms with Gasteiger partial charge >= 0.3 is 5.63 Å². The maximum absolute atomic E-state index is 11.9. The zero-order valence-corrected chi connectivity index (χ0v) is 11.4. The van der Waals surface area contributed by atoms with Gasteiger partial charge in [-0.3, -0.25) is 0 Å². The predicted molar refractivity (Wildman–Crippen MR) is 79.8 cm³/mol. The van der Waals surface area contributed by atoms with Gasteiger partial charge in [0.25, 0.3) is 0 Å². The quantitative estimate of drug-likeness (QED) is 0.668. The first-order chi connectivity index (χ1) is 10.2. The molecule has 0 N–H and O–H groups in total. The van der Waals surface area contributed by atoms with Crippen LogP contribution in [0.4, 0.5) is 0 Å². The molecule has 2 heterocycles. The van der Waals surface area contributed by atoms with E-state index in [9.17, 15) is 10.1 Å². The van der Waals surface area contributed by atoms with Gasteiger partial charge in [0, 0.05) is 16.0 Å². The SMILES string of the molecule is N#Cc1c(/C=C/c2ccco2)c2cc(Cl)ccc2oc1=O. The Balaban J connectivity index is 2.30. The molecular weight excluding hydrogens is 290 g/mol. The number of nitrogens with zero attached hydrogens (tertiary/aromatic N) is 1. The first-order valence-electron chi connectivity index (χ1n) is 6.07. The fourth-order valence-corrected chi connectivity index (χ4v) is 2.20. The number of benzene rings is 1. The lowest BCUT2D eigenvalue weighted by Gasteiger charge is -2.03. The summed E-state index contributed by atoms with van der Waals surface area (Å²) >= 11 is 5.98. The Morgan fingerprint density at radius 3 is 2.81 bits per heavy atom. The van der Waals surface area contributed by atoms with E-state index in [0.717, 1.165) is 0 Å². The smallest absolute Gasteiger partial charge is 0.354 e. The summed E-state index contributed by atoms with van der Waals surface area (Å²) < 4.78 is 10.3. The second-order valence-electron chi connectivity index (χ2n) is 4.28. The molecule has 0 unspecified atom stereocenters. The van der Waals surface area contributed by atoms with Gasteiger partial charge in [0.1, 0.15) is 23.0 Å². The van der Waals surface area contributed by atoms with Gasteiger partial charge in [-0.05, 0) is 42.5 Å². The van der Waals surface area contributed by atoms with Gasteiger partial charge in [0.2, 0.25) is 0 Å². The summed E-state index contributed by atoms with van der Waals surface area (Å²) in [6, 6.07) is 10.3. The summed E-state index contributed by atoms with van der Waals surface area (Å²) in [4.78, 5) is 11.9. The Hall–Kier alpha value is -2.77. The number of hydrogen-bond donors (Lipinski definition) is 0. The Kier molecular flexibility index (Phi) is 3.35. The summed E-state index contributed by atoms with van der Waals surface area (Å²) in [6.07, 6.45) is 4.86. The minimum Gasteiger partial charge on any atom is -0.465 e. The monoisotopic (exact) mass is 297 g/mol. The topological polar surface area (TPSA) is 67.1 Å². The summed E-state index contributed by atoms with van der Waals surface area (Å²) in [6.45, 7) is 0. The highest BCUT2D eigenvalue weighted by Crippen LogP contribution is 2.25. The third-order valence-corrected chi connectivity index (χ3v) is 3.21. The van der Waals surface area contributed by atoms with Crippen LogP contribution in [-0.4, -0.2) is 0 Å². The molecule has 4 nitrogen and oxygen atoms in total. The fourth-order valence-electron chi connectivity index (χ4n) is 2.03. The summed E-state index contributed by atoms with van der Waals surface area (Å²) in [5.74, 6) is 0.613. The molecule has 3 rings (SSSR count). The van der Waals surface area contributed by atoms with E-state index >= 15 is 0 Å². The number of halogens is 1. The lowest BCUT2D eigenvalue weighted by Crippen LogP contribution is -2.06. The highest BCUT2D eigenvalue weighted by molar-refractivity contribution is 6.31. The molecule has 1 aromatic carbocycles. The van der Waals surface area contributed by atoms with Crippen molar-refractivity contribution in [1.82, 2.24) is 0 Å². The minimum absolute atomic E-state index is 0.0624.